The summed E-state index contributed by atoms with van der Waals surface area (Å²) in [5.74, 6) is -2.41. The Labute approximate surface area is 155 Å². The van der Waals surface area contributed by atoms with Crippen LogP contribution in [0.25, 0.3) is 0 Å². The maximum atomic E-state index is 15.6. The summed E-state index contributed by atoms with van der Waals surface area (Å²) in [6.45, 7) is 3.63. The lowest BCUT2D eigenvalue weighted by Gasteiger charge is -2.34. The Hall–Kier alpha value is -2.67. The fraction of sp³-hybridized carbons (Fsp3) is 0.300. The van der Waals surface area contributed by atoms with Crippen LogP contribution in [0.2, 0.25) is 0 Å². The van der Waals surface area contributed by atoms with E-state index in [-0.39, 0.29) is 37.1 Å². The summed E-state index contributed by atoms with van der Waals surface area (Å²) in [6.07, 6.45) is 2.85. The smallest absolute Gasteiger partial charge is 0.262 e. The number of benzene rings is 1. The number of nitrogens with zero attached hydrogens (tertiary/aromatic N) is 1. The number of carbonyl (C=O) groups excluding carboxylic acids is 1. The molecule has 1 aliphatic carbocycles. The third kappa shape index (κ3) is 3.88. The molecule has 1 heterocycles. The number of rotatable bonds is 6. The summed E-state index contributed by atoms with van der Waals surface area (Å²) in [5, 5.41) is 2.41. The van der Waals surface area contributed by atoms with Gasteiger partial charge in [0.1, 0.15) is 17.7 Å². The van der Waals surface area contributed by atoms with Crippen molar-refractivity contribution in [3.63, 3.8) is 0 Å². The van der Waals surface area contributed by atoms with E-state index in [4.69, 9.17) is 4.74 Å². The van der Waals surface area contributed by atoms with Gasteiger partial charge in [-0.1, -0.05) is 18.2 Å². The van der Waals surface area contributed by atoms with Gasteiger partial charge in [0.2, 0.25) is 5.67 Å². The number of alkyl halides is 1. The Kier molecular flexibility index (Phi) is 5.60. The first-order valence-electron chi connectivity index (χ1n) is 8.54. The summed E-state index contributed by atoms with van der Waals surface area (Å²) in [6, 6.07) is 6.07. The molecule has 2 atom stereocenters. The fourth-order valence-electron chi connectivity index (χ4n) is 3.17. The minimum Gasteiger partial charge on any atom is -0.368 e. The van der Waals surface area contributed by atoms with Crippen molar-refractivity contribution in [1.82, 2.24) is 10.3 Å². The third-order valence-corrected chi connectivity index (χ3v) is 4.55. The fourth-order valence-corrected chi connectivity index (χ4v) is 3.17. The summed E-state index contributed by atoms with van der Waals surface area (Å²) in [7, 11) is 0. The highest BCUT2D eigenvalue weighted by Crippen LogP contribution is 2.43. The van der Waals surface area contributed by atoms with Gasteiger partial charge in [-0.15, -0.1) is 6.58 Å². The molecule has 0 saturated carbocycles. The van der Waals surface area contributed by atoms with Crippen molar-refractivity contribution in [3.05, 3.63) is 77.6 Å². The SMILES string of the molecule is C=CCO[C@H]1CC[C@@](F)(C(=O)NCc2ccc(F)cc2F)c2cccnc21. The number of fused-ring (bicyclic) bond motifs is 1. The van der Waals surface area contributed by atoms with Gasteiger partial charge in [0.25, 0.3) is 5.91 Å². The molecule has 3 rings (SSSR count). The van der Waals surface area contributed by atoms with Crippen LogP contribution in [0.15, 0.2) is 49.2 Å². The van der Waals surface area contributed by atoms with E-state index >= 15 is 4.39 Å². The minimum atomic E-state index is -2.30. The van der Waals surface area contributed by atoms with Gasteiger partial charge in [-0.05, 0) is 25.0 Å². The van der Waals surface area contributed by atoms with Crippen LogP contribution in [0.3, 0.4) is 0 Å². The average Bonchev–Trinajstić information content (AvgIpc) is 2.67. The summed E-state index contributed by atoms with van der Waals surface area (Å²) in [5.41, 5.74) is -1.71. The molecule has 1 N–H and O–H groups in total. The number of nitrogens with one attached hydrogen (secondary N) is 1. The lowest BCUT2D eigenvalue weighted by Crippen LogP contribution is -2.44. The van der Waals surface area contributed by atoms with Crippen LogP contribution in [-0.2, 0) is 21.7 Å². The van der Waals surface area contributed by atoms with E-state index < -0.39 is 29.3 Å². The van der Waals surface area contributed by atoms with Crippen LogP contribution < -0.4 is 5.32 Å². The predicted molar refractivity (Wildman–Crippen MR) is 93.4 cm³/mol. The molecule has 0 aliphatic heterocycles. The molecule has 0 saturated heterocycles. The molecule has 4 nitrogen and oxygen atoms in total. The highest BCUT2D eigenvalue weighted by molar-refractivity contribution is 5.87. The van der Waals surface area contributed by atoms with Gasteiger partial charge in [-0.3, -0.25) is 9.78 Å². The number of hydrogen-bond donors (Lipinski definition) is 1. The normalized spacial score (nSPS) is 21.4. The van der Waals surface area contributed by atoms with Crippen molar-refractivity contribution in [3.8, 4) is 0 Å². The number of pyridine rings is 1. The van der Waals surface area contributed by atoms with Crippen LogP contribution in [0.4, 0.5) is 13.2 Å². The minimum absolute atomic E-state index is 0.0720. The zero-order valence-electron chi connectivity index (χ0n) is 14.6. The molecule has 0 unspecified atom stereocenters. The second-order valence-corrected chi connectivity index (χ2v) is 6.31. The molecule has 7 heteroatoms. The predicted octanol–water partition coefficient (Wildman–Crippen LogP) is 3.88. The van der Waals surface area contributed by atoms with Crippen LogP contribution >= 0.6 is 0 Å². The molecule has 0 spiro atoms. The first-order chi connectivity index (χ1) is 13.0. The zero-order chi connectivity index (χ0) is 19.4. The van der Waals surface area contributed by atoms with Gasteiger partial charge in [-0.2, -0.15) is 0 Å². The number of carbonyl (C=O) groups is 1. The number of ether oxygens (including phenoxy) is 1. The van der Waals surface area contributed by atoms with Gasteiger partial charge in [0, 0.05) is 29.9 Å². The van der Waals surface area contributed by atoms with Crippen LogP contribution in [0, 0.1) is 11.6 Å². The standard InChI is InChI=1S/C20H19F3N2O2/c1-2-10-27-17-7-8-20(23,15-4-3-9-24-18(15)17)19(26)25-12-13-5-6-14(21)11-16(13)22/h2-6,9,11,17H,1,7-8,10,12H2,(H,25,26)/t17-,20-/m0/s1. The Bertz CT molecular complexity index is 859. The van der Waals surface area contributed by atoms with Crippen LogP contribution in [0.1, 0.15) is 35.8 Å². The number of halogens is 3. The molecule has 1 amide bonds. The third-order valence-electron chi connectivity index (χ3n) is 4.55. The second kappa shape index (κ2) is 7.92. The Morgan fingerprint density at radius 2 is 2.22 bits per heavy atom. The lowest BCUT2D eigenvalue weighted by atomic mass is 9.80. The summed E-state index contributed by atoms with van der Waals surface area (Å²) < 4.78 is 48.0. The molecule has 0 fully saturated rings. The first kappa shape index (κ1) is 19.1. The van der Waals surface area contributed by atoms with Gasteiger partial charge >= 0.3 is 0 Å². The van der Waals surface area contributed by atoms with Crippen molar-refractivity contribution < 1.29 is 22.7 Å². The van der Waals surface area contributed by atoms with E-state index in [1.807, 2.05) is 0 Å². The Morgan fingerprint density at radius 3 is 2.96 bits per heavy atom. The lowest BCUT2D eigenvalue weighted by molar-refractivity contribution is -0.136. The molecule has 1 aromatic carbocycles. The zero-order valence-corrected chi connectivity index (χ0v) is 14.6. The van der Waals surface area contributed by atoms with E-state index in [9.17, 15) is 13.6 Å². The molecule has 1 aromatic heterocycles. The topological polar surface area (TPSA) is 51.2 Å². The quantitative estimate of drug-likeness (QED) is 0.779. The Balaban J connectivity index is 1.80. The van der Waals surface area contributed by atoms with Gasteiger partial charge < -0.3 is 10.1 Å². The first-order valence-corrected chi connectivity index (χ1v) is 8.54. The molecule has 2 aromatic rings. The molecular weight excluding hydrogens is 357 g/mol. The summed E-state index contributed by atoms with van der Waals surface area (Å²) in [4.78, 5) is 16.8. The average molecular weight is 376 g/mol. The van der Waals surface area contributed by atoms with E-state index in [1.165, 1.54) is 18.3 Å². The number of aromatic nitrogens is 1. The van der Waals surface area contributed by atoms with E-state index in [1.54, 1.807) is 12.1 Å². The van der Waals surface area contributed by atoms with Gasteiger partial charge in [0.15, 0.2) is 0 Å². The van der Waals surface area contributed by atoms with Crippen molar-refractivity contribution in [2.24, 2.45) is 0 Å². The van der Waals surface area contributed by atoms with Crippen molar-refractivity contribution in [2.45, 2.75) is 31.2 Å². The maximum absolute atomic E-state index is 15.6. The molecule has 0 radical (unpaired) electrons. The Morgan fingerprint density at radius 1 is 1.41 bits per heavy atom. The molecule has 1 aliphatic rings. The van der Waals surface area contributed by atoms with E-state index in [0.29, 0.717) is 11.8 Å². The van der Waals surface area contributed by atoms with E-state index in [0.717, 1.165) is 6.07 Å². The number of hydrogen-bond acceptors (Lipinski definition) is 3. The van der Waals surface area contributed by atoms with Gasteiger partial charge in [-0.25, -0.2) is 13.2 Å². The largest absolute Gasteiger partial charge is 0.368 e. The molecule has 142 valence electrons. The van der Waals surface area contributed by atoms with E-state index in [2.05, 4.69) is 16.9 Å². The van der Waals surface area contributed by atoms with Crippen molar-refractivity contribution in [1.29, 1.82) is 0 Å². The monoisotopic (exact) mass is 376 g/mol. The summed E-state index contributed by atoms with van der Waals surface area (Å²) >= 11 is 0. The van der Waals surface area contributed by atoms with Crippen molar-refractivity contribution in [2.75, 3.05) is 6.61 Å². The van der Waals surface area contributed by atoms with Crippen LogP contribution in [-0.4, -0.2) is 17.5 Å². The molecular formula is C20H19F3N2O2. The molecule has 27 heavy (non-hydrogen) atoms. The van der Waals surface area contributed by atoms with Crippen LogP contribution in [0.5, 0.6) is 0 Å². The van der Waals surface area contributed by atoms with Crippen molar-refractivity contribution >= 4 is 5.91 Å². The second-order valence-electron chi connectivity index (χ2n) is 6.31. The highest BCUT2D eigenvalue weighted by atomic mass is 19.1. The van der Waals surface area contributed by atoms with Gasteiger partial charge in [0.05, 0.1) is 12.3 Å². The maximum Gasteiger partial charge on any atom is 0.262 e. The molecule has 0 bridgehead atoms. The number of amides is 1. The highest BCUT2D eigenvalue weighted by Gasteiger charge is 2.47.